The van der Waals surface area contributed by atoms with Gasteiger partial charge in [0.1, 0.15) is 11.6 Å². The van der Waals surface area contributed by atoms with Crippen molar-refractivity contribution < 1.29 is 47.7 Å². The van der Waals surface area contributed by atoms with Gasteiger partial charge in [-0.05, 0) is 24.3 Å². The number of carbonyl (C=O) groups excluding carboxylic acids is 6. The number of ketones is 2. The molecule has 0 aromatic heterocycles. The van der Waals surface area contributed by atoms with Crippen LogP contribution in [0.3, 0.4) is 0 Å². The van der Waals surface area contributed by atoms with Gasteiger partial charge in [0.15, 0.2) is 0 Å². The van der Waals surface area contributed by atoms with Gasteiger partial charge in [0.2, 0.25) is 23.6 Å². The largest absolute Gasteiger partial charge is 0.382 e. The molecule has 0 bridgehead atoms. The summed E-state index contributed by atoms with van der Waals surface area (Å²) >= 11 is 2.98. The Morgan fingerprint density at radius 1 is 0.630 bits per heavy atom. The highest BCUT2D eigenvalue weighted by atomic mass is 32.2. The van der Waals surface area contributed by atoms with E-state index in [-0.39, 0.29) is 99.3 Å². The van der Waals surface area contributed by atoms with Gasteiger partial charge in [0.05, 0.1) is 36.9 Å². The molecule has 2 heterocycles. The maximum atomic E-state index is 12.0. The second-order valence-electron chi connectivity index (χ2n) is 10.1. The van der Waals surface area contributed by atoms with Gasteiger partial charge < -0.3 is 18.9 Å². The van der Waals surface area contributed by atoms with Crippen molar-refractivity contribution in [2.24, 2.45) is 0 Å². The number of carbonyl (C=O) groups is 6. The van der Waals surface area contributed by atoms with Crippen molar-refractivity contribution in [2.45, 2.75) is 90.6 Å². The lowest BCUT2D eigenvalue weighted by Gasteiger charge is -2.14. The Hall–Kier alpha value is -1.84. The maximum absolute atomic E-state index is 12.0. The summed E-state index contributed by atoms with van der Waals surface area (Å²) in [6.07, 6.45) is 3.13. The minimum absolute atomic E-state index is 0. The zero-order valence-electron chi connectivity index (χ0n) is 26.7. The third-order valence-corrected chi connectivity index (χ3v) is 8.93. The lowest BCUT2D eigenvalue weighted by Crippen LogP contribution is -2.33. The summed E-state index contributed by atoms with van der Waals surface area (Å²) in [6.45, 7) is 7.53. The first-order chi connectivity index (χ1) is 21.2. The number of amides is 4. The fourth-order valence-corrected chi connectivity index (χ4v) is 6.26. The molecule has 2 saturated heterocycles. The van der Waals surface area contributed by atoms with Crippen LogP contribution in [0.5, 0.6) is 0 Å². The van der Waals surface area contributed by atoms with Crippen LogP contribution >= 0.6 is 23.5 Å². The standard InChI is InChI=1S/2C15H25NO5S.2CH4/c2*1-3-22-13-11-14(18)16(15(13)19)7-6-12(17)5-4-8-21-10-9-20-2;;/h2*13H,3-11H2,1-2H3;2*1H4. The summed E-state index contributed by atoms with van der Waals surface area (Å²) in [5.74, 6) is 1.11. The quantitative estimate of drug-likeness (QED) is 0.107. The lowest BCUT2D eigenvalue weighted by molar-refractivity contribution is -0.140. The molecule has 0 aromatic rings. The number of Topliss-reactive ketones (excluding diaryl/α,β-unsaturated/α-hetero) is 2. The number of hydrogen-bond donors (Lipinski definition) is 0. The molecule has 12 nitrogen and oxygen atoms in total. The summed E-state index contributed by atoms with van der Waals surface area (Å²) in [5, 5.41) is -0.524. The lowest BCUT2D eigenvalue weighted by atomic mass is 10.1. The second kappa shape index (κ2) is 28.2. The molecule has 46 heavy (non-hydrogen) atoms. The Bertz CT molecular complexity index is 849. The molecule has 0 aliphatic carbocycles. The smallest absolute Gasteiger partial charge is 0.242 e. The summed E-state index contributed by atoms with van der Waals surface area (Å²) in [6, 6.07) is 0. The maximum Gasteiger partial charge on any atom is 0.242 e. The van der Waals surface area contributed by atoms with Gasteiger partial charge in [-0.3, -0.25) is 38.6 Å². The first kappa shape index (κ1) is 46.3. The predicted molar refractivity (Wildman–Crippen MR) is 183 cm³/mol. The average molecular weight is 695 g/mol. The molecule has 2 rings (SSSR count). The molecule has 0 spiro atoms. The topological polar surface area (TPSA) is 146 Å². The van der Waals surface area contributed by atoms with Gasteiger partial charge in [-0.25, -0.2) is 0 Å². The van der Waals surface area contributed by atoms with Crippen molar-refractivity contribution in [1.29, 1.82) is 0 Å². The molecule has 0 radical (unpaired) electrons. The normalized spacial score (nSPS) is 17.5. The van der Waals surface area contributed by atoms with Crippen LogP contribution in [0.2, 0.25) is 0 Å². The first-order valence-electron chi connectivity index (χ1n) is 15.3. The molecule has 2 atom stereocenters. The zero-order chi connectivity index (χ0) is 32.7. The van der Waals surface area contributed by atoms with E-state index in [1.54, 1.807) is 14.2 Å². The van der Waals surface area contributed by atoms with E-state index < -0.39 is 0 Å². The van der Waals surface area contributed by atoms with Crippen molar-refractivity contribution in [3.63, 3.8) is 0 Å². The Morgan fingerprint density at radius 2 is 1.00 bits per heavy atom. The Morgan fingerprint density at radius 3 is 1.33 bits per heavy atom. The molecule has 14 heteroatoms. The number of rotatable bonds is 24. The van der Waals surface area contributed by atoms with Crippen LogP contribution in [0.1, 0.15) is 80.1 Å². The monoisotopic (exact) mass is 694 g/mol. The van der Waals surface area contributed by atoms with E-state index in [0.717, 1.165) is 11.5 Å². The first-order valence-corrected chi connectivity index (χ1v) is 17.4. The molecule has 0 N–H and O–H groups in total. The van der Waals surface area contributed by atoms with Crippen molar-refractivity contribution in [1.82, 2.24) is 9.80 Å². The SMILES string of the molecule is C.C.CCSC1CC(=O)N(CCC(=O)CCCOCCOC)C1=O.CCSC1CC(=O)N(CCC(=O)CCCOCCOC)C1=O. The van der Waals surface area contributed by atoms with Crippen molar-refractivity contribution in [3.8, 4) is 0 Å². The van der Waals surface area contributed by atoms with Gasteiger partial charge in [-0.15, -0.1) is 23.5 Å². The number of likely N-dealkylation sites (tertiary alicyclic amines) is 2. The molecule has 2 aliphatic rings. The van der Waals surface area contributed by atoms with Crippen molar-refractivity contribution >= 4 is 58.7 Å². The van der Waals surface area contributed by atoms with E-state index in [2.05, 4.69) is 0 Å². The summed E-state index contributed by atoms with van der Waals surface area (Å²) in [5.41, 5.74) is 0. The molecule has 268 valence electrons. The molecular weight excluding hydrogens is 636 g/mol. The fourth-order valence-electron chi connectivity index (χ4n) is 4.39. The van der Waals surface area contributed by atoms with E-state index in [1.807, 2.05) is 13.8 Å². The van der Waals surface area contributed by atoms with Crippen LogP contribution in [-0.2, 0) is 47.7 Å². The van der Waals surface area contributed by atoms with Crippen LogP contribution in [0.15, 0.2) is 0 Å². The highest BCUT2D eigenvalue weighted by molar-refractivity contribution is 8.00. The summed E-state index contributed by atoms with van der Waals surface area (Å²) in [4.78, 5) is 73.6. The molecule has 0 aromatic carbocycles. The van der Waals surface area contributed by atoms with Gasteiger partial charge in [0.25, 0.3) is 0 Å². The molecular formula is C32H58N2O10S2. The van der Waals surface area contributed by atoms with Crippen LogP contribution in [0.4, 0.5) is 0 Å². The van der Waals surface area contributed by atoms with Gasteiger partial charge in [-0.2, -0.15) is 0 Å². The second-order valence-corrected chi connectivity index (χ2v) is 13.0. The minimum Gasteiger partial charge on any atom is -0.382 e. The summed E-state index contributed by atoms with van der Waals surface area (Å²) in [7, 11) is 3.22. The third-order valence-electron chi connectivity index (χ3n) is 6.72. The van der Waals surface area contributed by atoms with E-state index >= 15 is 0 Å². The molecule has 2 unspecified atom stereocenters. The van der Waals surface area contributed by atoms with Crippen molar-refractivity contribution in [3.05, 3.63) is 0 Å². The third kappa shape index (κ3) is 18.5. The Kier molecular flexibility index (Phi) is 28.4. The molecule has 2 aliphatic heterocycles. The van der Waals surface area contributed by atoms with E-state index in [1.165, 1.54) is 33.3 Å². The van der Waals surface area contributed by atoms with Crippen LogP contribution in [0.25, 0.3) is 0 Å². The molecule has 4 amide bonds. The number of hydrogen-bond acceptors (Lipinski definition) is 12. The van der Waals surface area contributed by atoms with Gasteiger partial charge in [0, 0.05) is 79.0 Å². The number of thioether (sulfide) groups is 2. The number of imide groups is 2. The van der Waals surface area contributed by atoms with E-state index in [4.69, 9.17) is 18.9 Å². The van der Waals surface area contributed by atoms with Gasteiger partial charge >= 0.3 is 0 Å². The highest BCUT2D eigenvalue weighted by Gasteiger charge is 2.39. The van der Waals surface area contributed by atoms with E-state index in [0.29, 0.717) is 65.3 Å². The van der Waals surface area contributed by atoms with E-state index in [9.17, 15) is 28.8 Å². The van der Waals surface area contributed by atoms with Crippen LogP contribution < -0.4 is 0 Å². The predicted octanol–water partition coefficient (Wildman–Crippen LogP) is 3.81. The fraction of sp³-hybridized carbons (Fsp3) is 0.812. The van der Waals surface area contributed by atoms with Crippen LogP contribution in [0, 0.1) is 0 Å². The number of nitrogens with zero attached hydrogens (tertiary/aromatic N) is 2. The van der Waals surface area contributed by atoms with Crippen molar-refractivity contribution in [2.75, 3.05) is 78.5 Å². The molecule has 2 fully saturated rings. The molecule has 0 saturated carbocycles. The summed E-state index contributed by atoms with van der Waals surface area (Å²) < 4.78 is 20.3. The number of ether oxygens (including phenoxy) is 4. The highest BCUT2D eigenvalue weighted by Crippen LogP contribution is 2.26. The Balaban J connectivity index is 0. The average Bonchev–Trinajstić information content (AvgIpc) is 3.42. The van der Waals surface area contributed by atoms with Gasteiger partial charge in [-0.1, -0.05) is 28.7 Å². The van der Waals surface area contributed by atoms with Crippen LogP contribution in [-0.4, -0.2) is 134 Å². The number of methoxy groups -OCH3 is 2. The zero-order valence-corrected chi connectivity index (χ0v) is 28.3. The Labute approximate surface area is 284 Å². The minimum atomic E-state index is -0.262.